The summed E-state index contributed by atoms with van der Waals surface area (Å²) in [5.74, 6) is -4.31. The van der Waals surface area contributed by atoms with E-state index in [2.05, 4.69) is 6.58 Å². The number of carbonyl (C=O) groups excluding carboxylic acids is 2. The minimum atomic E-state index is -1.73. The largest absolute Gasteiger partial charge is 0.472 e. The van der Waals surface area contributed by atoms with Crippen molar-refractivity contribution >= 4 is 11.9 Å². The van der Waals surface area contributed by atoms with Crippen LogP contribution in [0.15, 0.2) is 36.3 Å². The number of carbonyl (C=O) groups is 2. The van der Waals surface area contributed by atoms with E-state index in [1.54, 1.807) is 6.92 Å². The Hall–Kier alpha value is -2.76. The number of esters is 2. The molecule has 19 nitrogen and oxygen atoms in total. The van der Waals surface area contributed by atoms with Crippen molar-refractivity contribution in [3.05, 3.63) is 36.3 Å². The highest BCUT2D eigenvalue weighted by molar-refractivity contribution is 5.89. The van der Waals surface area contributed by atoms with Gasteiger partial charge in [-0.25, -0.2) is 9.59 Å². The zero-order valence-corrected chi connectivity index (χ0v) is 29.3. The predicted octanol–water partition coefficient (Wildman–Crippen LogP) is -2.72. The van der Waals surface area contributed by atoms with Crippen molar-refractivity contribution in [2.24, 2.45) is 29.6 Å². The number of hydrogen-bond donors (Lipinski definition) is 7. The first-order chi connectivity index (χ1) is 25.3. The Balaban J connectivity index is 1.13. The van der Waals surface area contributed by atoms with Crippen LogP contribution in [0.4, 0.5) is 0 Å². The first-order valence-corrected chi connectivity index (χ1v) is 17.4. The second-order valence-corrected chi connectivity index (χ2v) is 14.0. The third-order valence-electron chi connectivity index (χ3n) is 11.1. The molecule has 0 bridgehead atoms. The van der Waals surface area contributed by atoms with E-state index in [0.29, 0.717) is 0 Å². The predicted molar refractivity (Wildman–Crippen MR) is 170 cm³/mol. The highest BCUT2D eigenvalue weighted by Crippen LogP contribution is 2.48. The van der Waals surface area contributed by atoms with Crippen LogP contribution in [-0.2, 0) is 57.0 Å². The zero-order valence-electron chi connectivity index (χ0n) is 29.3. The lowest BCUT2D eigenvalue weighted by molar-refractivity contribution is -0.381. The number of ether oxygens (including phenoxy) is 10. The average molecular weight is 761 g/mol. The van der Waals surface area contributed by atoms with Crippen molar-refractivity contribution < 1.29 is 92.7 Å². The molecular formula is C34H48O19. The summed E-state index contributed by atoms with van der Waals surface area (Å²) in [5.41, 5.74) is 0.307. The van der Waals surface area contributed by atoms with E-state index in [1.165, 1.54) is 26.6 Å². The summed E-state index contributed by atoms with van der Waals surface area (Å²) in [5, 5.41) is 73.5. The van der Waals surface area contributed by atoms with E-state index in [9.17, 15) is 45.3 Å². The lowest BCUT2D eigenvalue weighted by Crippen LogP contribution is -2.64. The molecule has 7 N–H and O–H groups in total. The van der Waals surface area contributed by atoms with Gasteiger partial charge in [-0.05, 0) is 12.3 Å². The molecule has 6 rings (SSSR count). The molecule has 5 aliphatic heterocycles. The van der Waals surface area contributed by atoms with E-state index >= 15 is 0 Å². The fraction of sp³-hybridized carbons (Fsp3) is 0.765. The van der Waals surface area contributed by atoms with Gasteiger partial charge in [0.2, 0.25) is 12.6 Å². The minimum Gasteiger partial charge on any atom is -0.472 e. The maximum absolute atomic E-state index is 12.8. The first-order valence-electron chi connectivity index (χ1n) is 17.4. The third-order valence-corrected chi connectivity index (χ3v) is 11.1. The van der Waals surface area contributed by atoms with Crippen LogP contribution < -0.4 is 0 Å². The average Bonchev–Trinajstić information content (AvgIpc) is 3.46. The van der Waals surface area contributed by atoms with E-state index in [4.69, 9.17) is 47.4 Å². The van der Waals surface area contributed by atoms with Crippen molar-refractivity contribution in [1.82, 2.24) is 0 Å². The number of aliphatic hydroxyl groups excluding tert-OH is 7. The Kier molecular flexibility index (Phi) is 12.5. The molecule has 4 fully saturated rings. The normalized spacial score (nSPS) is 46.7. The van der Waals surface area contributed by atoms with Gasteiger partial charge in [0.15, 0.2) is 18.9 Å². The van der Waals surface area contributed by atoms with Gasteiger partial charge in [0.05, 0.1) is 57.2 Å². The summed E-state index contributed by atoms with van der Waals surface area (Å²) in [6, 6.07) is 0. The molecule has 0 amide bonds. The van der Waals surface area contributed by atoms with E-state index in [-0.39, 0.29) is 36.5 Å². The van der Waals surface area contributed by atoms with Crippen molar-refractivity contribution in [2.45, 2.75) is 106 Å². The van der Waals surface area contributed by atoms with Crippen LogP contribution in [0.25, 0.3) is 0 Å². The summed E-state index contributed by atoms with van der Waals surface area (Å²) in [4.78, 5) is 25.2. The van der Waals surface area contributed by atoms with Gasteiger partial charge < -0.3 is 83.1 Å². The second kappa shape index (κ2) is 16.5. The Morgan fingerprint density at radius 3 is 2.13 bits per heavy atom. The SMILES string of the molecule is C=C[C@H]1[C@H](O[C@@H]2O[C@H](CO)[C@@H](O)[C@H](O)[C@H]2O)OC=C(C(=O)OC)[C@H]1C[C@@H]1OC[C@H]2O[C@@H](O[C@@H]3OC=C(C(=O)OC)[C@H]4C[C@H](O)[C@H](C)[C@@H]34)[C@H](O)[C@@H](O)[C@@H]2O1. The Bertz CT molecular complexity index is 1390. The number of fused-ring (bicyclic) bond motifs is 2. The number of methoxy groups -OCH3 is 2. The molecule has 0 spiro atoms. The molecule has 19 atom stereocenters. The molecular weight excluding hydrogens is 712 g/mol. The maximum Gasteiger partial charge on any atom is 0.337 e. The topological polar surface area (TPSA) is 268 Å². The Morgan fingerprint density at radius 2 is 1.45 bits per heavy atom. The van der Waals surface area contributed by atoms with Gasteiger partial charge in [0.25, 0.3) is 0 Å². The van der Waals surface area contributed by atoms with Crippen LogP contribution in [0.3, 0.4) is 0 Å². The smallest absolute Gasteiger partial charge is 0.337 e. The Morgan fingerprint density at radius 1 is 0.830 bits per heavy atom. The maximum atomic E-state index is 12.8. The molecule has 0 aromatic heterocycles. The zero-order chi connectivity index (χ0) is 38.3. The van der Waals surface area contributed by atoms with Gasteiger partial charge in [-0.3, -0.25) is 0 Å². The van der Waals surface area contributed by atoms with Crippen LogP contribution in [0.2, 0.25) is 0 Å². The van der Waals surface area contributed by atoms with Gasteiger partial charge in [0, 0.05) is 30.1 Å². The fourth-order valence-electron chi connectivity index (χ4n) is 8.01. The molecule has 6 aliphatic rings. The summed E-state index contributed by atoms with van der Waals surface area (Å²) in [6.45, 7) is 4.82. The van der Waals surface area contributed by atoms with Crippen molar-refractivity contribution in [2.75, 3.05) is 27.4 Å². The monoisotopic (exact) mass is 760 g/mol. The lowest BCUT2D eigenvalue weighted by atomic mass is 9.81. The van der Waals surface area contributed by atoms with Gasteiger partial charge in [-0.2, -0.15) is 0 Å². The van der Waals surface area contributed by atoms with Crippen molar-refractivity contribution in [3.8, 4) is 0 Å². The molecule has 53 heavy (non-hydrogen) atoms. The lowest BCUT2D eigenvalue weighted by Gasteiger charge is -2.48. The minimum absolute atomic E-state index is 0.0516. The van der Waals surface area contributed by atoms with Crippen LogP contribution in [0.5, 0.6) is 0 Å². The second-order valence-electron chi connectivity index (χ2n) is 14.0. The van der Waals surface area contributed by atoms with Crippen LogP contribution in [0, 0.1) is 29.6 Å². The molecule has 0 aromatic rings. The highest BCUT2D eigenvalue weighted by atomic mass is 16.8. The van der Waals surface area contributed by atoms with Gasteiger partial charge >= 0.3 is 11.9 Å². The summed E-state index contributed by atoms with van der Waals surface area (Å²) >= 11 is 0. The summed E-state index contributed by atoms with van der Waals surface area (Å²) < 4.78 is 56.7. The van der Waals surface area contributed by atoms with Crippen LogP contribution in [-0.4, -0.2) is 162 Å². The fourth-order valence-corrected chi connectivity index (χ4v) is 8.01. The van der Waals surface area contributed by atoms with E-state index in [0.717, 1.165) is 6.26 Å². The van der Waals surface area contributed by atoms with Gasteiger partial charge in [-0.1, -0.05) is 13.0 Å². The molecule has 1 saturated carbocycles. The van der Waals surface area contributed by atoms with Crippen molar-refractivity contribution in [3.63, 3.8) is 0 Å². The summed E-state index contributed by atoms with van der Waals surface area (Å²) in [7, 11) is 2.42. The van der Waals surface area contributed by atoms with Crippen LogP contribution >= 0.6 is 0 Å². The quantitative estimate of drug-likeness (QED) is 0.0880. The van der Waals surface area contributed by atoms with E-state index in [1.807, 2.05) is 0 Å². The molecule has 0 unspecified atom stereocenters. The number of aliphatic hydroxyl groups is 7. The third kappa shape index (κ3) is 7.60. The number of hydrogen-bond acceptors (Lipinski definition) is 19. The van der Waals surface area contributed by atoms with Gasteiger partial charge in [-0.15, -0.1) is 6.58 Å². The molecule has 19 heteroatoms. The Labute approximate surface area is 304 Å². The first kappa shape index (κ1) is 39.9. The van der Waals surface area contributed by atoms with E-state index < -0.39 is 129 Å². The molecule has 3 saturated heterocycles. The van der Waals surface area contributed by atoms with Crippen LogP contribution in [0.1, 0.15) is 19.8 Å². The molecule has 0 aromatic carbocycles. The standard InChI is InChI=1S/C34H48O19/c1-5-13-14(16(29(42)44-3)9-47-31(13)52-33-26(40)24(38)23(37)19(8-35)49-33)7-21-46-11-20-28(51-21)25(39)27(41)34(50-20)53-32-22-12(2)18(36)6-15(22)17(10-48-32)30(43)45-4/h5,9-10,12-15,18-28,31-41H,1,6-8,11H2,2-4H3/t12-,13+,14-,15+,18-,19+,20+,21+,22+,23+,24-,25+,26+,27+,28+,31-,32-,33-,34-/m0/s1. The summed E-state index contributed by atoms with van der Waals surface area (Å²) in [6.07, 6.45) is -14.7. The molecule has 0 radical (unpaired) electrons. The van der Waals surface area contributed by atoms with Gasteiger partial charge in [0.1, 0.15) is 48.8 Å². The number of rotatable bonds is 10. The molecule has 1 aliphatic carbocycles. The van der Waals surface area contributed by atoms with Crippen molar-refractivity contribution in [1.29, 1.82) is 0 Å². The highest BCUT2D eigenvalue weighted by Gasteiger charge is 2.55. The molecule has 5 heterocycles. The molecule has 298 valence electrons.